The maximum Gasteiger partial charge on any atom is 0.127 e. The Morgan fingerprint density at radius 1 is 1.39 bits per heavy atom. The largest absolute Gasteiger partial charge is 0.507 e. The Hall–Kier alpha value is -0.970. The first-order valence-corrected chi connectivity index (χ1v) is 5.91. The molecule has 1 aromatic rings. The molecule has 1 aromatic carbocycles. The Kier molecular flexibility index (Phi) is 7.75. The quantitative estimate of drug-likeness (QED) is 0.745. The first-order chi connectivity index (χ1) is 8.11. The number of halogens is 1. The van der Waals surface area contributed by atoms with Gasteiger partial charge in [0.25, 0.3) is 0 Å². The summed E-state index contributed by atoms with van der Waals surface area (Å²) < 4.78 is 5.15. The molecule has 1 rings (SSSR count). The van der Waals surface area contributed by atoms with Crippen molar-refractivity contribution in [3.8, 4) is 11.5 Å². The van der Waals surface area contributed by atoms with E-state index in [1.165, 1.54) is 7.11 Å². The van der Waals surface area contributed by atoms with Crippen LogP contribution in [0.1, 0.15) is 37.8 Å². The van der Waals surface area contributed by atoms with Gasteiger partial charge in [-0.1, -0.05) is 25.8 Å². The molecule has 0 bridgehead atoms. The van der Waals surface area contributed by atoms with Crippen LogP contribution in [0.25, 0.3) is 0 Å². The average Bonchev–Trinajstić information content (AvgIpc) is 2.34. The number of aliphatic hydroxyl groups is 1. The zero-order valence-corrected chi connectivity index (χ0v) is 11.6. The van der Waals surface area contributed by atoms with Crippen molar-refractivity contribution in [2.24, 2.45) is 5.73 Å². The molecule has 4 N–H and O–H groups in total. The van der Waals surface area contributed by atoms with E-state index in [1.54, 1.807) is 18.2 Å². The molecule has 5 heteroatoms. The van der Waals surface area contributed by atoms with Crippen LogP contribution in [0.2, 0.25) is 0 Å². The number of aromatic hydroxyl groups is 1. The van der Waals surface area contributed by atoms with Crippen molar-refractivity contribution in [2.75, 3.05) is 7.11 Å². The summed E-state index contributed by atoms with van der Waals surface area (Å²) in [6.07, 6.45) is 1.86. The number of benzene rings is 1. The zero-order valence-electron chi connectivity index (χ0n) is 10.8. The van der Waals surface area contributed by atoms with E-state index in [-0.39, 0.29) is 18.2 Å². The van der Waals surface area contributed by atoms with Gasteiger partial charge in [-0.05, 0) is 18.6 Å². The van der Waals surface area contributed by atoms with Crippen molar-refractivity contribution in [3.05, 3.63) is 23.8 Å². The number of hydrogen-bond acceptors (Lipinski definition) is 4. The van der Waals surface area contributed by atoms with Crippen LogP contribution < -0.4 is 10.5 Å². The van der Waals surface area contributed by atoms with Gasteiger partial charge in [0, 0.05) is 0 Å². The number of methoxy groups -OCH3 is 1. The molecule has 2 atom stereocenters. The molecular formula is C13H22ClNO3. The van der Waals surface area contributed by atoms with Crippen LogP contribution in [-0.2, 0) is 0 Å². The van der Waals surface area contributed by atoms with Crippen LogP contribution in [-0.4, -0.2) is 23.4 Å². The molecule has 0 saturated carbocycles. The van der Waals surface area contributed by atoms with Gasteiger partial charge in [-0.25, -0.2) is 0 Å². The molecule has 0 aromatic heterocycles. The third-order valence-electron chi connectivity index (χ3n) is 2.86. The van der Waals surface area contributed by atoms with Crippen molar-refractivity contribution in [1.82, 2.24) is 0 Å². The fraction of sp³-hybridized carbons (Fsp3) is 0.538. The molecule has 0 unspecified atom stereocenters. The van der Waals surface area contributed by atoms with Crippen LogP contribution >= 0.6 is 12.4 Å². The first-order valence-electron chi connectivity index (χ1n) is 5.91. The second-order valence-corrected chi connectivity index (χ2v) is 4.13. The first kappa shape index (κ1) is 17.0. The van der Waals surface area contributed by atoms with E-state index in [9.17, 15) is 10.2 Å². The lowest BCUT2D eigenvalue weighted by atomic mass is 9.97. The summed E-state index contributed by atoms with van der Waals surface area (Å²) in [6, 6.07) is 4.33. The Morgan fingerprint density at radius 2 is 2.06 bits per heavy atom. The van der Waals surface area contributed by atoms with Crippen LogP contribution in [0.4, 0.5) is 0 Å². The summed E-state index contributed by atoms with van der Waals surface area (Å²) in [6.45, 7) is 2.05. The standard InChI is InChI=1S/C13H21NO3.ClH/c1-3-4-6-10(16)13(14)12-9(15)7-5-8-11(12)17-2;/h5,7-8,10,13,15-16H,3-4,6,14H2,1-2H3;1H/t10-,13-;/m0./s1. The van der Waals surface area contributed by atoms with E-state index < -0.39 is 12.1 Å². The molecule has 0 aliphatic heterocycles. The van der Waals surface area contributed by atoms with Gasteiger partial charge in [0.05, 0.1) is 24.8 Å². The topological polar surface area (TPSA) is 75.7 Å². The normalized spacial score (nSPS) is 13.6. The molecule has 0 radical (unpaired) electrons. The van der Waals surface area contributed by atoms with Crippen molar-refractivity contribution in [1.29, 1.82) is 0 Å². The summed E-state index contributed by atoms with van der Waals surface area (Å²) in [5.74, 6) is 0.570. The maximum absolute atomic E-state index is 9.95. The highest BCUT2D eigenvalue weighted by Gasteiger charge is 2.22. The molecule has 0 fully saturated rings. The van der Waals surface area contributed by atoms with E-state index in [0.717, 1.165) is 12.8 Å². The third-order valence-corrected chi connectivity index (χ3v) is 2.86. The fourth-order valence-electron chi connectivity index (χ4n) is 1.83. The number of phenols is 1. The fourth-order valence-corrected chi connectivity index (χ4v) is 1.83. The number of aliphatic hydroxyl groups excluding tert-OH is 1. The second-order valence-electron chi connectivity index (χ2n) is 4.13. The molecule has 0 aliphatic carbocycles. The molecular weight excluding hydrogens is 254 g/mol. The van der Waals surface area contributed by atoms with Gasteiger partial charge in [0.15, 0.2) is 0 Å². The minimum absolute atomic E-state index is 0. The number of hydrogen-bond donors (Lipinski definition) is 3. The number of ether oxygens (including phenoxy) is 1. The van der Waals surface area contributed by atoms with Crippen LogP contribution in [0.15, 0.2) is 18.2 Å². The summed E-state index contributed by atoms with van der Waals surface area (Å²) in [5.41, 5.74) is 6.44. The molecule has 0 aliphatic rings. The number of phenolic OH excluding ortho intramolecular Hbond substituents is 1. The molecule has 0 spiro atoms. The second kappa shape index (κ2) is 8.19. The molecule has 0 heterocycles. The average molecular weight is 276 g/mol. The molecule has 18 heavy (non-hydrogen) atoms. The summed E-state index contributed by atoms with van der Waals surface area (Å²) in [4.78, 5) is 0. The predicted molar refractivity (Wildman–Crippen MR) is 74.4 cm³/mol. The lowest BCUT2D eigenvalue weighted by Crippen LogP contribution is -2.26. The zero-order chi connectivity index (χ0) is 12.8. The number of nitrogens with two attached hydrogens (primary N) is 1. The van der Waals surface area contributed by atoms with E-state index in [2.05, 4.69) is 6.92 Å². The number of unbranched alkanes of at least 4 members (excludes halogenated alkanes) is 1. The summed E-state index contributed by atoms with van der Waals surface area (Å²) in [5, 5.41) is 19.8. The molecule has 104 valence electrons. The van der Waals surface area contributed by atoms with Crippen LogP contribution in [0.3, 0.4) is 0 Å². The molecule has 0 amide bonds. The predicted octanol–water partition coefficient (Wildman–Crippen LogP) is 2.37. The van der Waals surface area contributed by atoms with Crippen molar-refractivity contribution >= 4 is 12.4 Å². The lowest BCUT2D eigenvalue weighted by molar-refractivity contribution is 0.130. The van der Waals surface area contributed by atoms with Gasteiger partial charge in [-0.2, -0.15) is 0 Å². The Balaban J connectivity index is 0.00000289. The summed E-state index contributed by atoms with van der Waals surface area (Å²) >= 11 is 0. The van der Waals surface area contributed by atoms with E-state index in [4.69, 9.17) is 10.5 Å². The smallest absolute Gasteiger partial charge is 0.127 e. The van der Waals surface area contributed by atoms with Gasteiger partial charge in [0.1, 0.15) is 11.5 Å². The lowest BCUT2D eigenvalue weighted by Gasteiger charge is -2.21. The summed E-state index contributed by atoms with van der Waals surface area (Å²) in [7, 11) is 1.52. The highest BCUT2D eigenvalue weighted by atomic mass is 35.5. The van der Waals surface area contributed by atoms with E-state index >= 15 is 0 Å². The van der Waals surface area contributed by atoms with Gasteiger partial charge in [-0.15, -0.1) is 12.4 Å². The molecule has 4 nitrogen and oxygen atoms in total. The highest BCUT2D eigenvalue weighted by Crippen LogP contribution is 2.34. The van der Waals surface area contributed by atoms with E-state index in [0.29, 0.717) is 17.7 Å². The number of rotatable bonds is 6. The maximum atomic E-state index is 9.95. The Bertz CT molecular complexity index is 360. The third kappa shape index (κ3) is 4.05. The minimum atomic E-state index is -0.669. The SMILES string of the molecule is CCCC[C@H](O)[C@H](N)c1c(O)cccc1OC.Cl. The Labute approximate surface area is 114 Å². The monoisotopic (exact) mass is 275 g/mol. The highest BCUT2D eigenvalue weighted by molar-refractivity contribution is 5.85. The Morgan fingerprint density at radius 3 is 2.61 bits per heavy atom. The van der Waals surface area contributed by atoms with Crippen molar-refractivity contribution in [3.63, 3.8) is 0 Å². The van der Waals surface area contributed by atoms with E-state index in [1.807, 2.05) is 0 Å². The van der Waals surface area contributed by atoms with Gasteiger partial charge < -0.3 is 20.7 Å². The van der Waals surface area contributed by atoms with Crippen molar-refractivity contribution < 1.29 is 14.9 Å². The van der Waals surface area contributed by atoms with Gasteiger partial charge in [0.2, 0.25) is 0 Å². The minimum Gasteiger partial charge on any atom is -0.507 e. The van der Waals surface area contributed by atoms with Crippen LogP contribution in [0.5, 0.6) is 11.5 Å². The van der Waals surface area contributed by atoms with Gasteiger partial charge in [-0.3, -0.25) is 0 Å². The van der Waals surface area contributed by atoms with Crippen molar-refractivity contribution in [2.45, 2.75) is 38.3 Å². The van der Waals surface area contributed by atoms with Gasteiger partial charge >= 0.3 is 0 Å². The molecule has 0 saturated heterocycles. The van der Waals surface area contributed by atoms with Crippen LogP contribution in [0, 0.1) is 0 Å².